The predicted molar refractivity (Wildman–Crippen MR) is 71.0 cm³/mol. The first-order chi connectivity index (χ1) is 8.83. The van der Waals surface area contributed by atoms with Crippen molar-refractivity contribution in [3.8, 4) is 0 Å². The van der Waals surface area contributed by atoms with Crippen LogP contribution >= 0.6 is 0 Å². The minimum atomic E-state index is -0.916. The lowest BCUT2D eigenvalue weighted by Gasteiger charge is -2.31. The van der Waals surface area contributed by atoms with Crippen LogP contribution in [0.2, 0.25) is 0 Å². The molecule has 6 nitrogen and oxygen atoms in total. The molecule has 0 aromatic carbocycles. The molecule has 19 heavy (non-hydrogen) atoms. The molecule has 0 radical (unpaired) electrons. The molecule has 0 bridgehead atoms. The standard InChI is InChI=1S/C13H21N3O3/c1-5-13(6-2,8-11(17)18)14-12(19)10-7-9(3)16(4)15-10/h7H,5-6,8H2,1-4H3,(H,14,19)(H,17,18). The van der Waals surface area contributed by atoms with Crippen molar-refractivity contribution in [1.82, 2.24) is 15.1 Å². The van der Waals surface area contributed by atoms with Crippen molar-refractivity contribution in [1.29, 1.82) is 0 Å². The molecule has 106 valence electrons. The Kier molecular flexibility index (Phi) is 4.69. The second kappa shape index (κ2) is 5.86. The van der Waals surface area contributed by atoms with E-state index < -0.39 is 11.5 Å². The molecule has 0 saturated carbocycles. The Bertz CT molecular complexity index is 456. The monoisotopic (exact) mass is 267 g/mol. The van der Waals surface area contributed by atoms with E-state index in [1.165, 1.54) is 0 Å². The van der Waals surface area contributed by atoms with Gasteiger partial charge in [0.05, 0.1) is 12.0 Å². The summed E-state index contributed by atoms with van der Waals surface area (Å²) in [5.41, 5.74) is 0.479. The molecular formula is C13H21N3O3. The van der Waals surface area contributed by atoms with Gasteiger partial charge in [0.15, 0.2) is 0 Å². The molecule has 6 heteroatoms. The average Bonchev–Trinajstić information content (AvgIpc) is 2.68. The summed E-state index contributed by atoms with van der Waals surface area (Å²) in [6, 6.07) is 1.69. The van der Waals surface area contributed by atoms with Crippen LogP contribution < -0.4 is 5.32 Å². The molecule has 0 unspecified atom stereocenters. The fraction of sp³-hybridized carbons (Fsp3) is 0.615. The molecule has 1 heterocycles. The second-order valence-corrected chi connectivity index (χ2v) is 4.81. The van der Waals surface area contributed by atoms with E-state index in [1.807, 2.05) is 20.8 Å². The molecule has 1 amide bonds. The lowest BCUT2D eigenvalue weighted by molar-refractivity contribution is -0.138. The maximum atomic E-state index is 12.1. The molecule has 1 aromatic rings. The largest absolute Gasteiger partial charge is 0.481 e. The molecule has 0 saturated heterocycles. The highest BCUT2D eigenvalue weighted by molar-refractivity contribution is 5.93. The number of hydrogen-bond acceptors (Lipinski definition) is 3. The maximum Gasteiger partial charge on any atom is 0.305 e. The zero-order valence-corrected chi connectivity index (χ0v) is 11.9. The normalized spacial score (nSPS) is 11.4. The number of nitrogens with one attached hydrogen (secondary N) is 1. The van der Waals surface area contributed by atoms with Gasteiger partial charge in [-0.25, -0.2) is 0 Å². The van der Waals surface area contributed by atoms with E-state index in [-0.39, 0.29) is 12.3 Å². The van der Waals surface area contributed by atoms with Crippen LogP contribution in [-0.2, 0) is 11.8 Å². The number of carbonyl (C=O) groups is 2. The first-order valence-electron chi connectivity index (χ1n) is 6.38. The van der Waals surface area contributed by atoms with Crippen molar-refractivity contribution >= 4 is 11.9 Å². The van der Waals surface area contributed by atoms with Crippen LogP contribution in [0, 0.1) is 6.92 Å². The van der Waals surface area contributed by atoms with Crippen molar-refractivity contribution in [3.63, 3.8) is 0 Å². The molecule has 0 spiro atoms. The molecule has 1 aromatic heterocycles. The summed E-state index contributed by atoms with van der Waals surface area (Å²) in [4.78, 5) is 23.1. The molecule has 0 atom stereocenters. The van der Waals surface area contributed by atoms with Gasteiger partial charge in [0, 0.05) is 12.7 Å². The van der Waals surface area contributed by atoms with E-state index in [0.717, 1.165) is 5.69 Å². The SMILES string of the molecule is CCC(CC)(CC(=O)O)NC(=O)c1cc(C)n(C)n1. The quantitative estimate of drug-likeness (QED) is 0.818. The third-order valence-corrected chi connectivity index (χ3v) is 3.57. The minimum Gasteiger partial charge on any atom is -0.481 e. The topological polar surface area (TPSA) is 84.2 Å². The highest BCUT2D eigenvalue weighted by atomic mass is 16.4. The third-order valence-electron chi connectivity index (χ3n) is 3.57. The van der Waals surface area contributed by atoms with Gasteiger partial charge in [-0.1, -0.05) is 13.8 Å². The summed E-state index contributed by atoms with van der Waals surface area (Å²) in [5.74, 6) is -1.24. The van der Waals surface area contributed by atoms with E-state index in [2.05, 4.69) is 10.4 Å². The Labute approximate surface area is 112 Å². The van der Waals surface area contributed by atoms with Crippen molar-refractivity contribution in [2.45, 2.75) is 45.6 Å². The molecule has 0 aliphatic carbocycles. The van der Waals surface area contributed by atoms with Gasteiger partial charge in [-0.05, 0) is 25.8 Å². The zero-order valence-electron chi connectivity index (χ0n) is 11.9. The summed E-state index contributed by atoms with van der Waals surface area (Å²) in [5, 5.41) is 15.9. The maximum absolute atomic E-state index is 12.1. The molecule has 0 fully saturated rings. The predicted octanol–water partition coefficient (Wildman–Crippen LogP) is 1.49. The first-order valence-corrected chi connectivity index (χ1v) is 6.38. The lowest BCUT2D eigenvalue weighted by Crippen LogP contribution is -2.49. The highest BCUT2D eigenvalue weighted by Gasteiger charge is 2.31. The summed E-state index contributed by atoms with van der Waals surface area (Å²) in [6.07, 6.45) is 1.04. The van der Waals surface area contributed by atoms with Gasteiger partial charge in [0.1, 0.15) is 5.69 Å². The fourth-order valence-corrected chi connectivity index (χ4v) is 1.99. The van der Waals surface area contributed by atoms with Gasteiger partial charge in [0.25, 0.3) is 5.91 Å². The van der Waals surface area contributed by atoms with Crippen molar-refractivity contribution < 1.29 is 14.7 Å². The Morgan fingerprint density at radius 3 is 2.37 bits per heavy atom. The van der Waals surface area contributed by atoms with Crippen LogP contribution in [0.3, 0.4) is 0 Å². The van der Waals surface area contributed by atoms with Gasteiger partial charge < -0.3 is 10.4 Å². The van der Waals surface area contributed by atoms with Gasteiger partial charge in [-0.2, -0.15) is 5.10 Å². The lowest BCUT2D eigenvalue weighted by atomic mass is 9.89. The van der Waals surface area contributed by atoms with Crippen LogP contribution in [0.4, 0.5) is 0 Å². The van der Waals surface area contributed by atoms with Crippen LogP contribution in [0.1, 0.15) is 49.3 Å². The highest BCUT2D eigenvalue weighted by Crippen LogP contribution is 2.20. The number of aromatic nitrogens is 2. The number of carboxylic acid groups (broad SMARTS) is 1. The molecule has 0 aliphatic rings. The Balaban J connectivity index is 2.90. The summed E-state index contributed by atoms with van der Waals surface area (Å²) >= 11 is 0. The number of aryl methyl sites for hydroxylation is 2. The number of rotatable bonds is 6. The number of nitrogens with zero attached hydrogens (tertiary/aromatic N) is 2. The molecule has 2 N–H and O–H groups in total. The van der Waals surface area contributed by atoms with Crippen molar-refractivity contribution in [2.75, 3.05) is 0 Å². The van der Waals surface area contributed by atoms with Crippen LogP contribution in [0.15, 0.2) is 6.07 Å². The van der Waals surface area contributed by atoms with Gasteiger partial charge in [-0.3, -0.25) is 14.3 Å². The van der Waals surface area contributed by atoms with E-state index in [4.69, 9.17) is 5.11 Å². The summed E-state index contributed by atoms with van der Waals surface area (Å²) in [7, 11) is 1.76. The van der Waals surface area contributed by atoms with E-state index in [0.29, 0.717) is 18.5 Å². The van der Waals surface area contributed by atoms with E-state index in [1.54, 1.807) is 17.8 Å². The number of hydrogen-bond donors (Lipinski definition) is 2. The fourth-order valence-electron chi connectivity index (χ4n) is 1.99. The summed E-state index contributed by atoms with van der Waals surface area (Å²) in [6.45, 7) is 5.60. The number of carboxylic acids is 1. The minimum absolute atomic E-state index is 0.0858. The number of aliphatic carboxylic acids is 1. The van der Waals surface area contributed by atoms with Crippen LogP contribution in [0.25, 0.3) is 0 Å². The van der Waals surface area contributed by atoms with Gasteiger partial charge in [-0.15, -0.1) is 0 Å². The van der Waals surface area contributed by atoms with Crippen LogP contribution in [-0.4, -0.2) is 32.3 Å². The van der Waals surface area contributed by atoms with E-state index >= 15 is 0 Å². The zero-order chi connectivity index (χ0) is 14.6. The Morgan fingerprint density at radius 2 is 2.00 bits per heavy atom. The van der Waals surface area contributed by atoms with Gasteiger partial charge >= 0.3 is 5.97 Å². The Hall–Kier alpha value is -1.85. The molecule has 1 rings (SSSR count). The van der Waals surface area contributed by atoms with Crippen LogP contribution in [0.5, 0.6) is 0 Å². The number of carbonyl (C=O) groups excluding carboxylic acids is 1. The van der Waals surface area contributed by atoms with Gasteiger partial charge in [0.2, 0.25) is 0 Å². The first kappa shape index (κ1) is 15.2. The number of amides is 1. The Morgan fingerprint density at radius 1 is 1.42 bits per heavy atom. The molecular weight excluding hydrogens is 246 g/mol. The smallest absolute Gasteiger partial charge is 0.305 e. The van der Waals surface area contributed by atoms with E-state index in [9.17, 15) is 9.59 Å². The third kappa shape index (κ3) is 3.56. The second-order valence-electron chi connectivity index (χ2n) is 4.81. The van der Waals surface area contributed by atoms with Crippen molar-refractivity contribution in [3.05, 3.63) is 17.5 Å². The average molecular weight is 267 g/mol. The summed E-state index contributed by atoms with van der Waals surface area (Å²) < 4.78 is 1.62. The van der Waals surface area contributed by atoms with Crippen molar-refractivity contribution in [2.24, 2.45) is 7.05 Å². The molecule has 0 aliphatic heterocycles.